The molecule has 0 bridgehead atoms. The molecule has 6 aromatic carbocycles. The van der Waals surface area contributed by atoms with Crippen molar-refractivity contribution in [3.63, 3.8) is 0 Å². The summed E-state index contributed by atoms with van der Waals surface area (Å²) in [6.07, 6.45) is 2.35. The van der Waals surface area contributed by atoms with E-state index in [4.69, 9.17) is 19.4 Å². The third-order valence-electron chi connectivity index (χ3n) is 9.90. The van der Waals surface area contributed by atoms with Crippen molar-refractivity contribution in [3.05, 3.63) is 154 Å². The normalized spacial score (nSPS) is 13.1. The van der Waals surface area contributed by atoms with Crippen molar-refractivity contribution in [2.75, 3.05) is 22.9 Å². The molecule has 1 aliphatic rings. The molecule has 1 saturated heterocycles. The molecular formula is C47H50Cl2N2Ru. The fraction of sp³-hybridized carbons (Fsp3) is 0.255. The standard InChI is InChI=1S/C26H23.C21H27N2.2ClH.Ru/c1-17(2)15-24-19(4)16-21-10-6-8-12-23(21)26(24)25-18(3)13-14-20-9-5-7-11-22(20)25;1-14-9-16(3)20(17(4)10-14)22-7-8-23(13-22)21-18(5)11-15(2)12-19(21)6;;;/h4-17H,1-3H3;9-13H,7-8H2,1-6H3;2*1H;/q+1;-1;;;+2/p-2. The molecule has 1 heterocycles. The fourth-order valence-electron chi connectivity index (χ4n) is 8.14. The summed E-state index contributed by atoms with van der Waals surface area (Å²) in [6, 6.07) is 33.0. The summed E-state index contributed by atoms with van der Waals surface area (Å²) >= 11 is -1.97. The quantitative estimate of drug-likeness (QED) is 0.122. The van der Waals surface area contributed by atoms with Crippen LogP contribution in [0, 0.1) is 67.5 Å². The molecule has 1 fully saturated rings. The Hall–Kier alpha value is -3.62. The Kier molecular flexibility index (Phi) is 11.9. The molecule has 0 radical (unpaired) electrons. The molecule has 0 aromatic heterocycles. The number of aryl methyl sites for hydroxylation is 7. The third-order valence-corrected chi connectivity index (χ3v) is 11.7. The summed E-state index contributed by atoms with van der Waals surface area (Å²) in [6.45, 7) is 24.2. The van der Waals surface area contributed by atoms with Crippen LogP contribution in [0.1, 0.15) is 63.9 Å². The van der Waals surface area contributed by atoms with Gasteiger partial charge in [-0.2, -0.15) is 6.67 Å². The van der Waals surface area contributed by atoms with Gasteiger partial charge in [-0.3, -0.25) is 0 Å². The maximum absolute atomic E-state index is 6.34. The number of rotatable bonds is 6. The molecule has 6 aromatic rings. The first-order chi connectivity index (χ1) is 24.8. The predicted octanol–water partition coefficient (Wildman–Crippen LogP) is 13.2. The molecule has 0 N–H and O–H groups in total. The Morgan fingerprint density at radius 2 is 1.10 bits per heavy atom. The second-order valence-electron chi connectivity index (χ2n) is 14.7. The predicted molar refractivity (Wildman–Crippen MR) is 227 cm³/mol. The van der Waals surface area contributed by atoms with E-state index in [9.17, 15) is 0 Å². The number of anilines is 2. The van der Waals surface area contributed by atoms with Gasteiger partial charge in [-0.05, 0) is 63.8 Å². The van der Waals surface area contributed by atoms with Crippen LogP contribution in [0.4, 0.5) is 11.4 Å². The van der Waals surface area contributed by atoms with E-state index in [1.54, 1.807) is 0 Å². The van der Waals surface area contributed by atoms with Gasteiger partial charge >= 0.3 is 187 Å². The Morgan fingerprint density at radius 3 is 1.60 bits per heavy atom. The zero-order valence-electron chi connectivity index (χ0n) is 31.9. The number of fused-ring (bicyclic) bond motifs is 2. The van der Waals surface area contributed by atoms with Gasteiger partial charge in [0.05, 0.1) is 0 Å². The van der Waals surface area contributed by atoms with Crippen molar-refractivity contribution in [3.8, 4) is 11.1 Å². The molecule has 2 nitrogen and oxygen atoms in total. The number of benzene rings is 6. The Morgan fingerprint density at radius 1 is 0.615 bits per heavy atom. The van der Waals surface area contributed by atoms with E-state index >= 15 is 0 Å². The van der Waals surface area contributed by atoms with Crippen molar-refractivity contribution < 1.29 is 13.5 Å². The maximum atomic E-state index is 6.34. The van der Waals surface area contributed by atoms with Crippen LogP contribution in [0.2, 0.25) is 0 Å². The number of nitrogens with zero attached hydrogens (tertiary/aromatic N) is 2. The molecule has 0 saturated carbocycles. The Labute approximate surface area is 324 Å². The average molecular weight is 815 g/mol. The third kappa shape index (κ3) is 8.13. The van der Waals surface area contributed by atoms with Gasteiger partial charge in [0.15, 0.2) is 0 Å². The van der Waals surface area contributed by atoms with E-state index in [2.05, 4.69) is 181 Å². The number of halogens is 2. The van der Waals surface area contributed by atoms with E-state index in [0.717, 1.165) is 18.7 Å². The van der Waals surface area contributed by atoms with Crippen molar-refractivity contribution in [2.45, 2.75) is 62.3 Å². The van der Waals surface area contributed by atoms with Gasteiger partial charge in [-0.25, -0.2) is 0 Å². The van der Waals surface area contributed by atoms with Crippen molar-refractivity contribution in [2.24, 2.45) is 5.92 Å². The second-order valence-corrected chi connectivity index (χ2v) is 20.4. The minimum atomic E-state index is -1.97. The molecule has 52 heavy (non-hydrogen) atoms. The van der Waals surface area contributed by atoms with Gasteiger partial charge in [0.2, 0.25) is 0 Å². The zero-order valence-corrected chi connectivity index (χ0v) is 35.1. The molecule has 0 spiro atoms. The van der Waals surface area contributed by atoms with E-state index < -0.39 is 13.5 Å². The van der Waals surface area contributed by atoms with Gasteiger partial charge < -0.3 is 9.80 Å². The fourth-order valence-corrected chi connectivity index (χ4v) is 9.94. The monoisotopic (exact) mass is 814 g/mol. The number of hydrogen-bond donors (Lipinski definition) is 0. The van der Waals surface area contributed by atoms with E-state index in [-0.39, 0.29) is 0 Å². The first-order valence-electron chi connectivity index (χ1n) is 18.1. The van der Waals surface area contributed by atoms with Crippen molar-refractivity contribution >= 4 is 56.9 Å². The zero-order chi connectivity index (χ0) is 37.3. The van der Waals surface area contributed by atoms with Crippen LogP contribution in [-0.2, 0) is 13.5 Å². The van der Waals surface area contributed by atoms with E-state index in [0.29, 0.717) is 5.92 Å². The molecule has 0 amide bonds. The SMILES string of the molecule is Cc1cc(C)c(N2[CH-]N(c3c(C)cc(C)cc3C)CC2)c(C)c1.Cc1ccc2ccccc2c1-c1c([CH+]C(C)C)c([CH]=[Ru]([Cl])[Cl])cc2ccccc12. The minimum absolute atomic E-state index is 0.406. The molecule has 5 heteroatoms. The molecule has 0 aliphatic carbocycles. The molecule has 0 unspecified atom stereocenters. The van der Waals surface area contributed by atoms with Gasteiger partial charge in [0, 0.05) is 24.5 Å². The van der Waals surface area contributed by atoms with Crippen LogP contribution in [0.3, 0.4) is 0 Å². The average Bonchev–Trinajstić information content (AvgIpc) is 3.53. The van der Waals surface area contributed by atoms with Crippen LogP contribution in [0.15, 0.2) is 91.0 Å². The second kappa shape index (κ2) is 16.2. The van der Waals surface area contributed by atoms with Gasteiger partial charge in [0.25, 0.3) is 0 Å². The molecule has 1 aliphatic heterocycles. The Bertz CT molecular complexity index is 2190. The molecular weight excluding hydrogens is 765 g/mol. The summed E-state index contributed by atoms with van der Waals surface area (Å²) in [5, 5.41) is 5.01. The molecule has 7 rings (SSSR count). The molecule has 0 atom stereocenters. The van der Waals surface area contributed by atoms with Crippen LogP contribution < -0.4 is 9.80 Å². The van der Waals surface area contributed by atoms with Gasteiger partial charge in [-0.1, -0.05) is 35.4 Å². The van der Waals surface area contributed by atoms with Crippen LogP contribution in [0.25, 0.3) is 32.7 Å². The first-order valence-corrected chi connectivity index (χ1v) is 23.6. The van der Waals surface area contributed by atoms with E-state index in [1.807, 2.05) is 0 Å². The van der Waals surface area contributed by atoms with Crippen molar-refractivity contribution in [1.82, 2.24) is 0 Å². The summed E-state index contributed by atoms with van der Waals surface area (Å²) in [4.78, 5) is 4.81. The Balaban J connectivity index is 0.000000183. The summed E-state index contributed by atoms with van der Waals surface area (Å²) < 4.78 is 2.08. The summed E-state index contributed by atoms with van der Waals surface area (Å²) in [5.41, 5.74) is 17.1. The van der Waals surface area contributed by atoms with Crippen molar-refractivity contribution in [1.29, 1.82) is 0 Å². The number of hydrogen-bond acceptors (Lipinski definition) is 2. The topological polar surface area (TPSA) is 6.48 Å². The van der Waals surface area contributed by atoms with Crippen LogP contribution in [-0.4, -0.2) is 17.7 Å². The van der Waals surface area contributed by atoms with Gasteiger partial charge in [-0.15, -0.1) is 0 Å². The van der Waals surface area contributed by atoms with Crippen LogP contribution >= 0.6 is 19.4 Å². The first kappa shape index (κ1) is 38.1. The van der Waals surface area contributed by atoms with Gasteiger partial charge in [0.1, 0.15) is 0 Å². The molecule has 270 valence electrons. The summed E-state index contributed by atoms with van der Waals surface area (Å²) in [5.74, 6) is 0.406. The summed E-state index contributed by atoms with van der Waals surface area (Å²) in [7, 11) is 12.7. The van der Waals surface area contributed by atoms with Crippen LogP contribution in [0.5, 0.6) is 0 Å². The van der Waals surface area contributed by atoms with E-state index in [1.165, 1.54) is 88.6 Å².